The van der Waals surface area contributed by atoms with Crippen LogP contribution in [0.25, 0.3) is 11.0 Å². The number of aromatic carboxylic acids is 1. The van der Waals surface area contributed by atoms with Crippen LogP contribution in [0.4, 0.5) is 0 Å². The van der Waals surface area contributed by atoms with Crippen LogP contribution in [0, 0.1) is 0 Å². The van der Waals surface area contributed by atoms with Crippen molar-refractivity contribution in [3.63, 3.8) is 0 Å². The van der Waals surface area contributed by atoms with Crippen LogP contribution < -0.4 is 5.32 Å². The van der Waals surface area contributed by atoms with Gasteiger partial charge in [0.15, 0.2) is 0 Å². The molecule has 0 fully saturated rings. The van der Waals surface area contributed by atoms with E-state index in [0.717, 1.165) is 19.5 Å². The normalized spacial score (nSPS) is 11.3. The zero-order valence-corrected chi connectivity index (χ0v) is 11.8. The summed E-state index contributed by atoms with van der Waals surface area (Å²) in [5.74, 6) is -0.455. The highest BCUT2D eigenvalue weighted by molar-refractivity contribution is 6.03. The Morgan fingerprint density at radius 3 is 2.80 bits per heavy atom. The van der Waals surface area contributed by atoms with Gasteiger partial charge in [-0.1, -0.05) is 18.2 Å². The molecule has 20 heavy (non-hydrogen) atoms. The molecule has 0 spiro atoms. The molecule has 0 amide bonds. The van der Waals surface area contributed by atoms with Crippen molar-refractivity contribution in [1.82, 2.24) is 10.2 Å². The lowest BCUT2D eigenvalue weighted by molar-refractivity contribution is 0.0696. The van der Waals surface area contributed by atoms with Crippen LogP contribution in [-0.2, 0) is 6.54 Å². The Kier molecular flexibility index (Phi) is 4.76. The number of carbonyl (C=O) groups is 1. The molecule has 0 aliphatic rings. The van der Waals surface area contributed by atoms with E-state index < -0.39 is 5.97 Å². The molecular formula is C15H20N2O3. The molecule has 1 aromatic heterocycles. The Morgan fingerprint density at radius 1 is 1.35 bits per heavy atom. The summed E-state index contributed by atoms with van der Waals surface area (Å²) in [4.78, 5) is 13.5. The van der Waals surface area contributed by atoms with E-state index in [1.807, 2.05) is 26.2 Å². The van der Waals surface area contributed by atoms with Gasteiger partial charge in [-0.05, 0) is 39.7 Å². The SMILES string of the molecule is CN(C)CCCNCc1oc2ccccc2c1C(=O)O. The summed E-state index contributed by atoms with van der Waals surface area (Å²) < 4.78 is 5.63. The predicted octanol–water partition coefficient (Wildman–Crippen LogP) is 2.17. The van der Waals surface area contributed by atoms with Gasteiger partial charge in [0, 0.05) is 5.39 Å². The number of hydrogen-bond donors (Lipinski definition) is 2. The maximum Gasteiger partial charge on any atom is 0.339 e. The molecule has 0 saturated heterocycles. The van der Waals surface area contributed by atoms with Crippen LogP contribution >= 0.6 is 0 Å². The molecule has 0 bridgehead atoms. The largest absolute Gasteiger partial charge is 0.478 e. The monoisotopic (exact) mass is 276 g/mol. The predicted molar refractivity (Wildman–Crippen MR) is 78.1 cm³/mol. The van der Waals surface area contributed by atoms with Crippen molar-refractivity contribution in [2.24, 2.45) is 0 Å². The maximum atomic E-state index is 11.4. The fraction of sp³-hybridized carbons (Fsp3) is 0.400. The average molecular weight is 276 g/mol. The van der Waals surface area contributed by atoms with Crippen LogP contribution in [0.5, 0.6) is 0 Å². The Bertz CT molecular complexity index is 590. The third-order valence-electron chi connectivity index (χ3n) is 3.13. The Morgan fingerprint density at radius 2 is 2.10 bits per heavy atom. The van der Waals surface area contributed by atoms with E-state index in [9.17, 15) is 9.90 Å². The molecule has 5 heteroatoms. The lowest BCUT2D eigenvalue weighted by Crippen LogP contribution is -2.21. The van der Waals surface area contributed by atoms with E-state index in [4.69, 9.17) is 4.42 Å². The summed E-state index contributed by atoms with van der Waals surface area (Å²) in [5.41, 5.74) is 0.885. The molecule has 0 saturated carbocycles. The van der Waals surface area contributed by atoms with Gasteiger partial charge in [-0.25, -0.2) is 4.79 Å². The minimum atomic E-state index is -0.944. The number of hydrogen-bond acceptors (Lipinski definition) is 4. The van der Waals surface area contributed by atoms with Gasteiger partial charge in [0.25, 0.3) is 0 Å². The summed E-state index contributed by atoms with van der Waals surface area (Å²) in [6.45, 7) is 2.26. The van der Waals surface area contributed by atoms with Gasteiger partial charge in [-0.15, -0.1) is 0 Å². The molecule has 5 nitrogen and oxygen atoms in total. The molecule has 2 N–H and O–H groups in total. The number of benzene rings is 1. The summed E-state index contributed by atoms with van der Waals surface area (Å²) in [6.07, 6.45) is 1.01. The van der Waals surface area contributed by atoms with Crippen LogP contribution in [0.1, 0.15) is 22.5 Å². The smallest absolute Gasteiger partial charge is 0.339 e. The second-order valence-corrected chi connectivity index (χ2v) is 5.04. The van der Waals surface area contributed by atoms with E-state index in [1.165, 1.54) is 0 Å². The third-order valence-corrected chi connectivity index (χ3v) is 3.13. The highest BCUT2D eigenvalue weighted by Gasteiger charge is 2.19. The number of carboxylic acid groups (broad SMARTS) is 1. The summed E-state index contributed by atoms with van der Waals surface area (Å²) in [5, 5.41) is 13.2. The van der Waals surface area contributed by atoms with Crippen molar-refractivity contribution in [2.45, 2.75) is 13.0 Å². The molecule has 1 aromatic carbocycles. The van der Waals surface area contributed by atoms with E-state index >= 15 is 0 Å². The van der Waals surface area contributed by atoms with E-state index in [1.54, 1.807) is 12.1 Å². The molecule has 0 unspecified atom stereocenters. The molecule has 0 aliphatic heterocycles. The highest BCUT2D eigenvalue weighted by atomic mass is 16.4. The van der Waals surface area contributed by atoms with E-state index in [0.29, 0.717) is 23.3 Å². The first-order valence-electron chi connectivity index (χ1n) is 6.68. The first-order chi connectivity index (χ1) is 9.59. The zero-order valence-electron chi connectivity index (χ0n) is 11.8. The number of fused-ring (bicyclic) bond motifs is 1. The molecule has 0 atom stereocenters. The summed E-state index contributed by atoms with van der Waals surface area (Å²) in [6, 6.07) is 7.22. The van der Waals surface area contributed by atoms with Crippen LogP contribution in [-0.4, -0.2) is 43.2 Å². The Hall–Kier alpha value is -1.85. The zero-order chi connectivity index (χ0) is 14.5. The summed E-state index contributed by atoms with van der Waals surface area (Å²) >= 11 is 0. The Balaban J connectivity index is 2.06. The number of carboxylic acids is 1. The summed E-state index contributed by atoms with van der Waals surface area (Å²) in [7, 11) is 4.06. The molecule has 0 aliphatic carbocycles. The third kappa shape index (κ3) is 3.37. The van der Waals surface area contributed by atoms with Crippen molar-refractivity contribution < 1.29 is 14.3 Å². The topological polar surface area (TPSA) is 65.7 Å². The van der Waals surface area contributed by atoms with Gasteiger partial charge in [0.05, 0.1) is 6.54 Å². The van der Waals surface area contributed by atoms with Gasteiger partial charge in [-0.2, -0.15) is 0 Å². The van der Waals surface area contributed by atoms with Gasteiger partial charge in [-0.3, -0.25) is 0 Å². The molecule has 2 rings (SSSR count). The standard InChI is InChI=1S/C15H20N2O3/c1-17(2)9-5-8-16-10-13-14(15(18)19)11-6-3-4-7-12(11)20-13/h3-4,6-7,16H,5,8-10H2,1-2H3,(H,18,19). The molecule has 1 heterocycles. The first kappa shape index (κ1) is 14.6. The quantitative estimate of drug-likeness (QED) is 0.759. The van der Waals surface area contributed by atoms with Crippen molar-refractivity contribution in [2.75, 3.05) is 27.2 Å². The van der Waals surface area contributed by atoms with Gasteiger partial charge in [0.2, 0.25) is 0 Å². The molecule has 108 valence electrons. The number of nitrogens with one attached hydrogen (secondary N) is 1. The first-order valence-corrected chi connectivity index (χ1v) is 6.68. The van der Waals surface area contributed by atoms with Gasteiger partial charge >= 0.3 is 5.97 Å². The number of furan rings is 1. The lowest BCUT2D eigenvalue weighted by Gasteiger charge is -2.09. The maximum absolute atomic E-state index is 11.4. The fourth-order valence-electron chi connectivity index (χ4n) is 2.18. The van der Waals surface area contributed by atoms with Crippen molar-refractivity contribution in [3.8, 4) is 0 Å². The average Bonchev–Trinajstić information content (AvgIpc) is 2.76. The number of nitrogens with zero attached hydrogens (tertiary/aromatic N) is 1. The number of para-hydroxylation sites is 1. The van der Waals surface area contributed by atoms with Crippen molar-refractivity contribution in [1.29, 1.82) is 0 Å². The van der Waals surface area contributed by atoms with Crippen LogP contribution in [0.3, 0.4) is 0 Å². The minimum absolute atomic E-state index is 0.265. The fourth-order valence-corrected chi connectivity index (χ4v) is 2.18. The lowest BCUT2D eigenvalue weighted by atomic mass is 10.1. The van der Waals surface area contributed by atoms with Crippen molar-refractivity contribution >= 4 is 16.9 Å². The van der Waals surface area contributed by atoms with E-state index in [-0.39, 0.29) is 5.56 Å². The molecular weight excluding hydrogens is 256 g/mol. The van der Waals surface area contributed by atoms with Crippen LogP contribution in [0.2, 0.25) is 0 Å². The second-order valence-electron chi connectivity index (χ2n) is 5.04. The number of rotatable bonds is 7. The molecule has 2 aromatic rings. The minimum Gasteiger partial charge on any atom is -0.478 e. The second kappa shape index (κ2) is 6.54. The van der Waals surface area contributed by atoms with Gasteiger partial charge < -0.3 is 19.7 Å². The van der Waals surface area contributed by atoms with Crippen molar-refractivity contribution in [3.05, 3.63) is 35.6 Å². The van der Waals surface area contributed by atoms with Gasteiger partial charge in [0.1, 0.15) is 16.9 Å². The highest BCUT2D eigenvalue weighted by Crippen LogP contribution is 2.25. The Labute approximate surface area is 118 Å². The molecule has 0 radical (unpaired) electrons. The van der Waals surface area contributed by atoms with E-state index in [2.05, 4.69) is 10.2 Å². The van der Waals surface area contributed by atoms with Crippen LogP contribution in [0.15, 0.2) is 28.7 Å².